The molecule has 0 saturated heterocycles. The van der Waals surface area contributed by atoms with Crippen molar-refractivity contribution in [2.45, 2.75) is 117 Å². The van der Waals surface area contributed by atoms with Crippen molar-refractivity contribution < 1.29 is 19.1 Å². The lowest BCUT2D eigenvalue weighted by atomic mass is 9.47. The summed E-state index contributed by atoms with van der Waals surface area (Å²) >= 11 is 13.8. The van der Waals surface area contributed by atoms with Gasteiger partial charge < -0.3 is 15.2 Å². The summed E-state index contributed by atoms with van der Waals surface area (Å²) in [4.78, 5) is 26.5. The lowest BCUT2D eigenvalue weighted by molar-refractivity contribution is -0.156. The maximum absolute atomic E-state index is 13.6. The SMILES string of the molecule is CCC(Cc1c(I)cc(I)c(N)c1I)C(=O)O[C@H]1CC[C@@]2(C)C(=CC[C@H]3[C@@H]4CC[C@H]([C@H](C)CCCC(=O)Oc5c(I)cc(I)cc5I)[C@@]4(C)CC[C@@H]32)C1. The van der Waals surface area contributed by atoms with Crippen LogP contribution in [0.4, 0.5) is 5.69 Å². The molecule has 6 rings (SSSR count). The number of carbonyl (C=O) groups is 2. The van der Waals surface area contributed by atoms with Gasteiger partial charge in [0.25, 0.3) is 0 Å². The highest BCUT2D eigenvalue weighted by molar-refractivity contribution is 14.1. The Labute approximate surface area is 398 Å². The van der Waals surface area contributed by atoms with Gasteiger partial charge in [-0.2, -0.15) is 0 Å². The second kappa shape index (κ2) is 18.3. The van der Waals surface area contributed by atoms with Crippen LogP contribution in [-0.2, 0) is 20.7 Å². The highest BCUT2D eigenvalue weighted by Crippen LogP contribution is 2.67. The quantitative estimate of drug-likeness (QED) is 0.0797. The first kappa shape index (κ1) is 43.9. The first-order valence-electron chi connectivity index (χ1n) is 19.2. The van der Waals surface area contributed by atoms with E-state index in [-0.39, 0.29) is 29.4 Å². The van der Waals surface area contributed by atoms with E-state index in [2.05, 4.69) is 188 Å². The van der Waals surface area contributed by atoms with Crippen LogP contribution in [0.25, 0.3) is 0 Å². The second-order valence-electron chi connectivity index (χ2n) is 16.7. The molecule has 11 heteroatoms. The normalized spacial score (nSPS) is 30.4. The number of carbonyl (C=O) groups excluding carboxylic acids is 2. The third-order valence-electron chi connectivity index (χ3n) is 13.9. The lowest BCUT2D eigenvalue weighted by Gasteiger charge is -2.58. The Kier molecular flexibility index (Phi) is 15.1. The average molecular weight is 1400 g/mol. The predicted molar refractivity (Wildman–Crippen MR) is 265 cm³/mol. The minimum absolute atomic E-state index is 0.0287. The fourth-order valence-electron chi connectivity index (χ4n) is 11.0. The number of allylic oxidation sites excluding steroid dienone is 1. The Bertz CT molecular complexity index is 1740. The highest BCUT2D eigenvalue weighted by atomic mass is 127. The lowest BCUT2D eigenvalue weighted by Crippen LogP contribution is -2.51. The van der Waals surface area contributed by atoms with E-state index >= 15 is 0 Å². The molecule has 1 unspecified atom stereocenters. The largest absolute Gasteiger partial charge is 0.462 e. The molecular formula is C42H51I6NO4. The zero-order valence-corrected chi connectivity index (χ0v) is 44.0. The van der Waals surface area contributed by atoms with Crippen molar-refractivity contribution in [3.63, 3.8) is 0 Å². The molecule has 3 fully saturated rings. The topological polar surface area (TPSA) is 78.6 Å². The number of nitrogen functional groups attached to an aromatic ring is 1. The van der Waals surface area contributed by atoms with E-state index in [0.29, 0.717) is 41.8 Å². The summed E-state index contributed by atoms with van der Waals surface area (Å²) in [5.41, 5.74) is 10.5. The summed E-state index contributed by atoms with van der Waals surface area (Å²) in [6.45, 7) is 9.71. The highest BCUT2D eigenvalue weighted by Gasteiger charge is 2.59. The number of hydrogen-bond donors (Lipinski definition) is 1. The number of ether oxygens (including phenoxy) is 2. The minimum atomic E-state index is -0.163. The molecule has 0 aromatic heterocycles. The number of anilines is 1. The van der Waals surface area contributed by atoms with E-state index in [9.17, 15) is 9.59 Å². The number of nitrogens with two attached hydrogens (primary N) is 1. The number of fused-ring (bicyclic) bond motifs is 5. The minimum Gasteiger partial charge on any atom is -0.462 e. The van der Waals surface area contributed by atoms with Gasteiger partial charge in [0, 0.05) is 27.1 Å². The van der Waals surface area contributed by atoms with Gasteiger partial charge in [-0.1, -0.05) is 39.3 Å². The number of hydrogen-bond acceptors (Lipinski definition) is 5. The van der Waals surface area contributed by atoms with Crippen molar-refractivity contribution in [1.29, 1.82) is 0 Å². The van der Waals surface area contributed by atoms with Crippen LogP contribution in [-0.4, -0.2) is 18.0 Å². The van der Waals surface area contributed by atoms with Gasteiger partial charge in [-0.3, -0.25) is 9.59 Å². The third kappa shape index (κ3) is 9.23. The number of halogens is 6. The first-order chi connectivity index (χ1) is 25.1. The fourth-order valence-corrected chi connectivity index (χ4v) is 18.6. The van der Waals surface area contributed by atoms with Crippen LogP contribution in [0.1, 0.15) is 110 Å². The van der Waals surface area contributed by atoms with E-state index in [1.807, 2.05) is 0 Å². The molecule has 0 heterocycles. The molecule has 2 N–H and O–H groups in total. The second-order valence-corrected chi connectivity index (χ2v) is 23.7. The van der Waals surface area contributed by atoms with E-state index in [4.69, 9.17) is 15.2 Å². The first-order valence-corrected chi connectivity index (χ1v) is 25.7. The molecule has 9 atom stereocenters. The molecule has 2 aromatic rings. The maximum Gasteiger partial charge on any atom is 0.311 e. The molecule has 5 nitrogen and oxygen atoms in total. The molecule has 0 amide bonds. The van der Waals surface area contributed by atoms with Gasteiger partial charge >= 0.3 is 11.9 Å². The van der Waals surface area contributed by atoms with Crippen LogP contribution in [0.5, 0.6) is 5.75 Å². The van der Waals surface area contributed by atoms with Crippen LogP contribution < -0.4 is 10.5 Å². The van der Waals surface area contributed by atoms with Crippen molar-refractivity contribution in [2.75, 3.05) is 5.73 Å². The van der Waals surface area contributed by atoms with E-state index in [1.54, 1.807) is 5.57 Å². The summed E-state index contributed by atoms with van der Waals surface area (Å²) in [6, 6.07) is 6.23. The summed E-state index contributed by atoms with van der Waals surface area (Å²) in [7, 11) is 0. The van der Waals surface area contributed by atoms with E-state index < -0.39 is 0 Å². The van der Waals surface area contributed by atoms with Gasteiger partial charge in [-0.15, -0.1) is 0 Å². The maximum atomic E-state index is 13.6. The average Bonchev–Trinajstić information content (AvgIpc) is 3.46. The zero-order chi connectivity index (χ0) is 38.4. The van der Waals surface area contributed by atoms with Gasteiger partial charge in [-0.25, -0.2) is 0 Å². The van der Waals surface area contributed by atoms with Crippen molar-refractivity contribution in [1.82, 2.24) is 0 Å². The predicted octanol–water partition coefficient (Wildman–Crippen LogP) is 13.4. The molecule has 2 aromatic carbocycles. The monoisotopic (exact) mass is 1390 g/mol. The molecule has 3 saturated carbocycles. The van der Waals surface area contributed by atoms with Gasteiger partial charge in [-0.05, 0) is 270 Å². The molecule has 53 heavy (non-hydrogen) atoms. The fraction of sp³-hybridized carbons (Fsp3) is 0.619. The standard InChI is InChI=1S/C42H51I6NO4/c1-5-23(17-28-32(44)21-33(45)38(49)37(28)48)40(51)52-26-13-15-41(3)24(18-26)9-10-27-30-12-11-29(42(30,4)16-14-31(27)41)22(2)7-6-8-36(50)53-39-34(46)19-25(43)20-35(39)47/h9,19-23,26-27,29-31H,5-8,10-18,49H2,1-4H3/t22-,23?,26+,27+,29-,30+,31+,41+,42-/m1/s1. The van der Waals surface area contributed by atoms with Gasteiger partial charge in [0.15, 0.2) is 5.75 Å². The molecule has 0 bridgehead atoms. The molecule has 4 aliphatic carbocycles. The van der Waals surface area contributed by atoms with Crippen LogP contribution in [0, 0.1) is 67.8 Å². The molecule has 0 radical (unpaired) electrons. The van der Waals surface area contributed by atoms with Crippen LogP contribution in [0.2, 0.25) is 0 Å². The number of rotatable bonds is 11. The van der Waals surface area contributed by atoms with Crippen molar-refractivity contribution in [3.05, 3.63) is 56.8 Å². The molecular weight excluding hydrogens is 1340 g/mol. The summed E-state index contributed by atoms with van der Waals surface area (Å²) in [5, 5.41) is 0. The Hall–Kier alpha value is 1.30. The Morgan fingerprint density at radius 2 is 1.64 bits per heavy atom. The van der Waals surface area contributed by atoms with Crippen LogP contribution in [0.15, 0.2) is 29.8 Å². The van der Waals surface area contributed by atoms with Gasteiger partial charge in [0.05, 0.1) is 18.7 Å². The van der Waals surface area contributed by atoms with Crippen LogP contribution >= 0.6 is 136 Å². The zero-order valence-electron chi connectivity index (χ0n) is 31.0. The van der Waals surface area contributed by atoms with E-state index in [1.165, 1.54) is 41.2 Å². The summed E-state index contributed by atoms with van der Waals surface area (Å²) < 4.78 is 18.6. The van der Waals surface area contributed by atoms with Crippen molar-refractivity contribution >= 4 is 153 Å². The van der Waals surface area contributed by atoms with Crippen LogP contribution in [0.3, 0.4) is 0 Å². The number of esters is 2. The van der Waals surface area contributed by atoms with E-state index in [0.717, 1.165) is 73.9 Å². The molecule has 0 spiro atoms. The third-order valence-corrected chi connectivity index (χ3v) is 19.2. The number of benzene rings is 2. The Morgan fingerprint density at radius 3 is 2.34 bits per heavy atom. The summed E-state index contributed by atoms with van der Waals surface area (Å²) in [5.74, 6) is 3.91. The summed E-state index contributed by atoms with van der Waals surface area (Å²) in [6.07, 6.45) is 15.8. The molecule has 4 aliphatic rings. The van der Waals surface area contributed by atoms with Crippen molar-refractivity contribution in [2.24, 2.45) is 46.3 Å². The Morgan fingerprint density at radius 1 is 0.925 bits per heavy atom. The smallest absolute Gasteiger partial charge is 0.311 e. The van der Waals surface area contributed by atoms with Crippen molar-refractivity contribution in [3.8, 4) is 5.75 Å². The Balaban J connectivity index is 1.04. The molecule has 290 valence electrons. The van der Waals surface area contributed by atoms with Gasteiger partial charge in [0.2, 0.25) is 0 Å². The van der Waals surface area contributed by atoms with Gasteiger partial charge in [0.1, 0.15) is 6.10 Å². The molecule has 0 aliphatic heterocycles.